The molecule has 1 aromatic heterocycles. The smallest absolute Gasteiger partial charge is 0.265 e. The molecule has 134 valence electrons. The van der Waals surface area contributed by atoms with Crippen LogP contribution in [0, 0.1) is 13.8 Å². The van der Waals surface area contributed by atoms with Crippen LogP contribution >= 0.6 is 11.3 Å². The maximum atomic E-state index is 12.4. The van der Waals surface area contributed by atoms with Gasteiger partial charge >= 0.3 is 0 Å². The van der Waals surface area contributed by atoms with Gasteiger partial charge in [0.15, 0.2) is 0 Å². The van der Waals surface area contributed by atoms with Gasteiger partial charge in [0, 0.05) is 11.3 Å². The van der Waals surface area contributed by atoms with Crippen LogP contribution in [0.2, 0.25) is 0 Å². The van der Waals surface area contributed by atoms with E-state index in [1.54, 1.807) is 7.11 Å². The molecule has 1 heterocycles. The molecule has 0 saturated heterocycles. The van der Waals surface area contributed by atoms with Crippen LogP contribution in [0.5, 0.6) is 11.5 Å². The van der Waals surface area contributed by atoms with Crippen molar-refractivity contribution in [3.63, 3.8) is 0 Å². The summed E-state index contributed by atoms with van der Waals surface area (Å²) < 4.78 is 11.0. The fourth-order valence-corrected chi connectivity index (χ4v) is 3.35. The topological polar surface area (TPSA) is 47.6 Å². The first-order valence-electron chi connectivity index (χ1n) is 8.28. The zero-order valence-electron chi connectivity index (χ0n) is 15.0. The molecule has 0 aliphatic heterocycles. The Morgan fingerprint density at radius 3 is 2.54 bits per heavy atom. The number of methoxy groups -OCH3 is 1. The van der Waals surface area contributed by atoms with Gasteiger partial charge in [-0.15, -0.1) is 11.3 Å². The number of anilines is 1. The molecule has 0 saturated carbocycles. The van der Waals surface area contributed by atoms with Crippen LogP contribution in [-0.2, 0) is 6.61 Å². The third-order valence-electron chi connectivity index (χ3n) is 3.95. The van der Waals surface area contributed by atoms with Gasteiger partial charge in [-0.1, -0.05) is 17.7 Å². The molecule has 0 fully saturated rings. The number of benzene rings is 2. The molecule has 0 unspecified atom stereocenters. The monoisotopic (exact) mass is 367 g/mol. The summed E-state index contributed by atoms with van der Waals surface area (Å²) in [7, 11) is 1.61. The quantitative estimate of drug-likeness (QED) is 0.651. The molecule has 26 heavy (non-hydrogen) atoms. The summed E-state index contributed by atoms with van der Waals surface area (Å²) in [5.74, 6) is 1.49. The van der Waals surface area contributed by atoms with Crippen LogP contribution in [0.3, 0.4) is 0 Å². The van der Waals surface area contributed by atoms with Crippen molar-refractivity contribution < 1.29 is 14.3 Å². The van der Waals surface area contributed by atoms with E-state index in [2.05, 4.69) is 18.3 Å². The summed E-state index contributed by atoms with van der Waals surface area (Å²) in [6, 6.07) is 15.2. The zero-order chi connectivity index (χ0) is 18.5. The highest BCUT2D eigenvalue weighted by Crippen LogP contribution is 2.23. The van der Waals surface area contributed by atoms with Gasteiger partial charge in [-0.3, -0.25) is 4.79 Å². The number of carbonyl (C=O) groups excluding carboxylic acids is 1. The Bertz CT molecular complexity index is 900. The van der Waals surface area contributed by atoms with Gasteiger partial charge in [0.1, 0.15) is 18.1 Å². The van der Waals surface area contributed by atoms with Gasteiger partial charge in [-0.2, -0.15) is 0 Å². The van der Waals surface area contributed by atoms with E-state index in [0.29, 0.717) is 11.5 Å². The van der Waals surface area contributed by atoms with Crippen LogP contribution in [0.25, 0.3) is 0 Å². The van der Waals surface area contributed by atoms with Crippen LogP contribution < -0.4 is 14.8 Å². The fraction of sp³-hybridized carbons (Fsp3) is 0.190. The maximum Gasteiger partial charge on any atom is 0.265 e. The molecule has 1 amide bonds. The van der Waals surface area contributed by atoms with Gasteiger partial charge in [-0.05, 0) is 61.2 Å². The molecule has 2 aromatic carbocycles. The van der Waals surface area contributed by atoms with Crippen molar-refractivity contribution in [1.29, 1.82) is 0 Å². The predicted molar refractivity (Wildman–Crippen MR) is 106 cm³/mol. The summed E-state index contributed by atoms with van der Waals surface area (Å²) >= 11 is 1.41. The van der Waals surface area contributed by atoms with Crippen molar-refractivity contribution in [3.8, 4) is 11.5 Å². The van der Waals surface area contributed by atoms with Gasteiger partial charge in [0.2, 0.25) is 0 Å². The molecular formula is C21H21NO3S. The number of ether oxygens (including phenoxy) is 2. The van der Waals surface area contributed by atoms with E-state index in [4.69, 9.17) is 9.47 Å². The maximum absolute atomic E-state index is 12.4. The first kappa shape index (κ1) is 18.0. The first-order chi connectivity index (χ1) is 12.5. The Kier molecular flexibility index (Phi) is 5.58. The highest BCUT2D eigenvalue weighted by atomic mass is 32.1. The highest BCUT2D eigenvalue weighted by Gasteiger charge is 2.10. The minimum Gasteiger partial charge on any atom is -0.497 e. The number of nitrogens with one attached hydrogen (secondary N) is 1. The SMILES string of the molecule is COc1ccc(NC(=O)c2cc(COc3ccc(C)cc3C)cs2)cc1. The van der Waals surface area contributed by atoms with E-state index >= 15 is 0 Å². The van der Waals surface area contributed by atoms with E-state index in [9.17, 15) is 4.79 Å². The number of hydrogen-bond acceptors (Lipinski definition) is 4. The second-order valence-corrected chi connectivity index (χ2v) is 6.97. The molecular weight excluding hydrogens is 346 g/mol. The molecule has 0 aliphatic rings. The molecule has 5 heteroatoms. The summed E-state index contributed by atoms with van der Waals surface area (Å²) in [5.41, 5.74) is 4.03. The Morgan fingerprint density at radius 2 is 1.85 bits per heavy atom. The average Bonchev–Trinajstić information content (AvgIpc) is 3.11. The third kappa shape index (κ3) is 4.43. The second kappa shape index (κ2) is 8.06. The van der Waals surface area contributed by atoms with E-state index < -0.39 is 0 Å². The van der Waals surface area contributed by atoms with Crippen LogP contribution in [-0.4, -0.2) is 13.0 Å². The number of amides is 1. The summed E-state index contributed by atoms with van der Waals surface area (Å²) in [6.07, 6.45) is 0. The van der Waals surface area contributed by atoms with E-state index in [1.165, 1.54) is 16.9 Å². The minimum absolute atomic E-state index is 0.127. The molecule has 0 bridgehead atoms. The van der Waals surface area contributed by atoms with Crippen LogP contribution in [0.1, 0.15) is 26.4 Å². The Balaban J connectivity index is 1.60. The highest BCUT2D eigenvalue weighted by molar-refractivity contribution is 7.12. The first-order valence-corrected chi connectivity index (χ1v) is 9.16. The minimum atomic E-state index is -0.127. The number of hydrogen-bond donors (Lipinski definition) is 1. The Labute approximate surface area is 157 Å². The summed E-state index contributed by atoms with van der Waals surface area (Å²) in [4.78, 5) is 13.0. The lowest BCUT2D eigenvalue weighted by Gasteiger charge is -2.08. The lowest BCUT2D eigenvalue weighted by atomic mass is 10.1. The van der Waals surface area contributed by atoms with Crippen molar-refractivity contribution in [3.05, 3.63) is 75.5 Å². The van der Waals surface area contributed by atoms with E-state index in [1.807, 2.05) is 54.8 Å². The number of thiophene rings is 1. The van der Waals surface area contributed by atoms with Crippen molar-refractivity contribution in [1.82, 2.24) is 0 Å². The third-order valence-corrected chi connectivity index (χ3v) is 4.93. The van der Waals surface area contributed by atoms with E-state index in [-0.39, 0.29) is 5.91 Å². The molecule has 4 nitrogen and oxygen atoms in total. The van der Waals surface area contributed by atoms with Crippen molar-refractivity contribution in [2.75, 3.05) is 12.4 Å². The Morgan fingerprint density at radius 1 is 1.08 bits per heavy atom. The normalized spacial score (nSPS) is 10.4. The van der Waals surface area contributed by atoms with E-state index in [0.717, 1.165) is 28.3 Å². The van der Waals surface area contributed by atoms with Crippen LogP contribution in [0.4, 0.5) is 5.69 Å². The standard InChI is InChI=1S/C21H21NO3S/c1-14-4-9-19(15(2)10-14)25-12-16-11-20(26-13-16)21(23)22-17-5-7-18(24-3)8-6-17/h4-11,13H,12H2,1-3H3,(H,22,23). The van der Waals surface area contributed by atoms with Gasteiger partial charge in [0.25, 0.3) is 5.91 Å². The molecule has 0 atom stereocenters. The predicted octanol–water partition coefficient (Wildman–Crippen LogP) is 5.20. The van der Waals surface area contributed by atoms with Crippen molar-refractivity contribution in [2.45, 2.75) is 20.5 Å². The van der Waals surface area contributed by atoms with Crippen LogP contribution in [0.15, 0.2) is 53.9 Å². The summed E-state index contributed by atoms with van der Waals surface area (Å²) in [5, 5.41) is 4.84. The molecule has 0 aliphatic carbocycles. The van der Waals surface area contributed by atoms with Gasteiger partial charge in [0.05, 0.1) is 12.0 Å². The fourth-order valence-electron chi connectivity index (χ4n) is 2.56. The summed E-state index contributed by atoms with van der Waals surface area (Å²) in [6.45, 7) is 4.53. The zero-order valence-corrected chi connectivity index (χ0v) is 15.9. The molecule has 0 radical (unpaired) electrons. The number of rotatable bonds is 6. The number of carbonyl (C=O) groups is 1. The lowest BCUT2D eigenvalue weighted by Crippen LogP contribution is -2.10. The lowest BCUT2D eigenvalue weighted by molar-refractivity contribution is 0.103. The molecule has 3 rings (SSSR count). The number of aryl methyl sites for hydroxylation is 2. The largest absolute Gasteiger partial charge is 0.497 e. The molecule has 3 aromatic rings. The molecule has 0 spiro atoms. The molecule has 1 N–H and O–H groups in total. The van der Waals surface area contributed by atoms with Crippen molar-refractivity contribution in [2.24, 2.45) is 0 Å². The van der Waals surface area contributed by atoms with Gasteiger partial charge < -0.3 is 14.8 Å². The Hall–Kier alpha value is -2.79. The van der Waals surface area contributed by atoms with Gasteiger partial charge in [-0.25, -0.2) is 0 Å². The van der Waals surface area contributed by atoms with Crippen molar-refractivity contribution >= 4 is 22.9 Å². The second-order valence-electron chi connectivity index (χ2n) is 6.06. The average molecular weight is 367 g/mol.